The van der Waals surface area contributed by atoms with Gasteiger partial charge < -0.3 is 10.1 Å². The molecule has 1 fully saturated rings. The third kappa shape index (κ3) is 2.33. The molecule has 1 atom stereocenters. The third-order valence-electron chi connectivity index (χ3n) is 3.39. The summed E-state index contributed by atoms with van der Waals surface area (Å²) in [5, 5.41) is 6.23. The molecule has 0 aliphatic carbocycles. The van der Waals surface area contributed by atoms with Gasteiger partial charge in [-0.25, -0.2) is 0 Å². The Morgan fingerprint density at radius 1 is 1.12 bits per heavy atom. The normalized spacial score (nSPS) is 19.9. The Labute approximate surface area is 102 Å². The zero-order valence-corrected chi connectivity index (χ0v) is 9.86. The molecule has 0 spiro atoms. The van der Waals surface area contributed by atoms with Crippen molar-refractivity contribution in [2.24, 2.45) is 0 Å². The van der Waals surface area contributed by atoms with Gasteiger partial charge >= 0.3 is 0 Å². The highest BCUT2D eigenvalue weighted by atomic mass is 16.5. The van der Waals surface area contributed by atoms with Gasteiger partial charge in [-0.2, -0.15) is 0 Å². The highest BCUT2D eigenvalue weighted by molar-refractivity contribution is 5.85. The molecule has 2 aromatic carbocycles. The molecule has 3 rings (SSSR count). The first kappa shape index (κ1) is 10.8. The lowest BCUT2D eigenvalue weighted by Gasteiger charge is -2.12. The Balaban J connectivity index is 1.79. The third-order valence-corrected chi connectivity index (χ3v) is 3.39. The lowest BCUT2D eigenvalue weighted by molar-refractivity contribution is 0.190. The zero-order valence-electron chi connectivity index (χ0n) is 9.86. The van der Waals surface area contributed by atoms with Gasteiger partial charge in [-0.05, 0) is 22.8 Å². The SMILES string of the molecule is c1ccc2c(CNC3CCOC3)cccc2c1. The number of benzene rings is 2. The van der Waals surface area contributed by atoms with Gasteiger partial charge in [-0.1, -0.05) is 42.5 Å². The van der Waals surface area contributed by atoms with Crippen LogP contribution in [0.25, 0.3) is 10.8 Å². The molecule has 1 heterocycles. The minimum Gasteiger partial charge on any atom is -0.380 e. The number of fused-ring (bicyclic) bond motifs is 1. The predicted octanol–water partition coefficient (Wildman–Crippen LogP) is 2.72. The fraction of sp³-hybridized carbons (Fsp3) is 0.333. The van der Waals surface area contributed by atoms with Crippen molar-refractivity contribution in [2.45, 2.75) is 19.0 Å². The van der Waals surface area contributed by atoms with E-state index in [1.54, 1.807) is 0 Å². The molecule has 0 radical (unpaired) electrons. The lowest BCUT2D eigenvalue weighted by Crippen LogP contribution is -2.28. The van der Waals surface area contributed by atoms with Crippen LogP contribution in [0.4, 0.5) is 0 Å². The van der Waals surface area contributed by atoms with Gasteiger partial charge in [0.25, 0.3) is 0 Å². The van der Waals surface area contributed by atoms with Crippen molar-refractivity contribution in [1.29, 1.82) is 0 Å². The van der Waals surface area contributed by atoms with E-state index in [0.717, 1.165) is 26.2 Å². The Bertz CT molecular complexity index is 498. The molecule has 1 aliphatic rings. The molecule has 1 N–H and O–H groups in total. The van der Waals surface area contributed by atoms with Crippen LogP contribution in [0.5, 0.6) is 0 Å². The summed E-state index contributed by atoms with van der Waals surface area (Å²) in [5.41, 5.74) is 1.37. The maximum atomic E-state index is 5.37. The number of nitrogens with one attached hydrogen (secondary N) is 1. The molecule has 88 valence electrons. The van der Waals surface area contributed by atoms with E-state index in [1.165, 1.54) is 16.3 Å². The summed E-state index contributed by atoms with van der Waals surface area (Å²) in [4.78, 5) is 0. The van der Waals surface area contributed by atoms with E-state index in [1.807, 2.05) is 0 Å². The van der Waals surface area contributed by atoms with Gasteiger partial charge in [0.1, 0.15) is 0 Å². The first-order chi connectivity index (χ1) is 8.43. The summed E-state index contributed by atoms with van der Waals surface area (Å²) in [7, 11) is 0. The highest BCUT2D eigenvalue weighted by Gasteiger charge is 2.14. The average Bonchev–Trinajstić information content (AvgIpc) is 2.89. The first-order valence-electron chi connectivity index (χ1n) is 6.21. The van der Waals surface area contributed by atoms with Gasteiger partial charge in [0.05, 0.1) is 6.61 Å². The molecule has 0 bridgehead atoms. The van der Waals surface area contributed by atoms with Crippen molar-refractivity contribution < 1.29 is 4.74 Å². The van der Waals surface area contributed by atoms with Crippen molar-refractivity contribution in [3.63, 3.8) is 0 Å². The minimum atomic E-state index is 0.522. The standard InChI is InChI=1S/C15H17NO/c1-2-7-15-12(4-1)5-3-6-13(15)10-16-14-8-9-17-11-14/h1-7,14,16H,8-11H2. The smallest absolute Gasteiger partial charge is 0.0620 e. The fourth-order valence-electron chi connectivity index (χ4n) is 2.40. The van der Waals surface area contributed by atoms with Crippen LogP contribution >= 0.6 is 0 Å². The number of rotatable bonds is 3. The molecule has 1 unspecified atom stereocenters. The van der Waals surface area contributed by atoms with Crippen molar-refractivity contribution in [3.8, 4) is 0 Å². The fourth-order valence-corrected chi connectivity index (χ4v) is 2.40. The molecular weight excluding hydrogens is 210 g/mol. The van der Waals surface area contributed by atoms with Crippen LogP contribution in [-0.4, -0.2) is 19.3 Å². The van der Waals surface area contributed by atoms with Crippen molar-refractivity contribution in [1.82, 2.24) is 5.32 Å². The number of ether oxygens (including phenoxy) is 1. The summed E-state index contributed by atoms with van der Waals surface area (Å²) in [6, 6.07) is 15.6. The second-order valence-electron chi connectivity index (χ2n) is 4.58. The van der Waals surface area contributed by atoms with Crippen molar-refractivity contribution in [2.75, 3.05) is 13.2 Å². The van der Waals surface area contributed by atoms with Crippen LogP contribution in [0.1, 0.15) is 12.0 Å². The zero-order chi connectivity index (χ0) is 11.5. The summed E-state index contributed by atoms with van der Waals surface area (Å²) in [5.74, 6) is 0. The molecule has 0 aromatic heterocycles. The predicted molar refractivity (Wildman–Crippen MR) is 70.0 cm³/mol. The Morgan fingerprint density at radius 3 is 2.88 bits per heavy atom. The topological polar surface area (TPSA) is 21.3 Å². The van der Waals surface area contributed by atoms with Crippen LogP contribution in [0.2, 0.25) is 0 Å². The molecule has 0 amide bonds. The maximum Gasteiger partial charge on any atom is 0.0620 e. The lowest BCUT2D eigenvalue weighted by atomic mass is 10.0. The Morgan fingerprint density at radius 2 is 2.00 bits per heavy atom. The van der Waals surface area contributed by atoms with E-state index in [9.17, 15) is 0 Å². The number of hydrogen-bond acceptors (Lipinski definition) is 2. The van der Waals surface area contributed by atoms with Crippen molar-refractivity contribution >= 4 is 10.8 Å². The average molecular weight is 227 g/mol. The van der Waals surface area contributed by atoms with E-state index < -0.39 is 0 Å². The molecule has 0 saturated carbocycles. The summed E-state index contributed by atoms with van der Waals surface area (Å²) in [6.45, 7) is 2.67. The second-order valence-corrected chi connectivity index (χ2v) is 4.58. The Hall–Kier alpha value is -1.38. The van der Waals surface area contributed by atoms with Crippen molar-refractivity contribution in [3.05, 3.63) is 48.0 Å². The molecule has 1 saturated heterocycles. The van der Waals surface area contributed by atoms with Crippen LogP contribution < -0.4 is 5.32 Å². The van der Waals surface area contributed by atoms with Crippen LogP contribution in [-0.2, 0) is 11.3 Å². The molecule has 2 aromatic rings. The van der Waals surface area contributed by atoms with E-state index >= 15 is 0 Å². The maximum absolute atomic E-state index is 5.37. The van der Waals surface area contributed by atoms with Crippen LogP contribution in [0, 0.1) is 0 Å². The van der Waals surface area contributed by atoms with E-state index in [0.29, 0.717) is 6.04 Å². The van der Waals surface area contributed by atoms with Crippen LogP contribution in [0.15, 0.2) is 42.5 Å². The first-order valence-corrected chi connectivity index (χ1v) is 6.21. The molecular formula is C15H17NO. The molecule has 17 heavy (non-hydrogen) atoms. The minimum absolute atomic E-state index is 0.522. The van der Waals surface area contributed by atoms with E-state index in [2.05, 4.69) is 47.8 Å². The van der Waals surface area contributed by atoms with Crippen LogP contribution in [0.3, 0.4) is 0 Å². The van der Waals surface area contributed by atoms with E-state index in [4.69, 9.17) is 4.74 Å². The highest BCUT2D eigenvalue weighted by Crippen LogP contribution is 2.18. The largest absolute Gasteiger partial charge is 0.380 e. The Kier molecular flexibility index (Phi) is 3.08. The number of hydrogen-bond donors (Lipinski definition) is 1. The van der Waals surface area contributed by atoms with Gasteiger partial charge in [-0.3, -0.25) is 0 Å². The van der Waals surface area contributed by atoms with Gasteiger partial charge in [0, 0.05) is 19.2 Å². The quantitative estimate of drug-likeness (QED) is 0.870. The van der Waals surface area contributed by atoms with E-state index in [-0.39, 0.29) is 0 Å². The summed E-state index contributed by atoms with van der Waals surface area (Å²) in [6.07, 6.45) is 1.13. The molecule has 2 nitrogen and oxygen atoms in total. The second kappa shape index (κ2) is 4.86. The molecule has 2 heteroatoms. The monoisotopic (exact) mass is 227 g/mol. The summed E-state index contributed by atoms with van der Waals surface area (Å²) >= 11 is 0. The van der Waals surface area contributed by atoms with Gasteiger partial charge in [0.2, 0.25) is 0 Å². The van der Waals surface area contributed by atoms with Gasteiger partial charge in [-0.15, -0.1) is 0 Å². The summed E-state index contributed by atoms with van der Waals surface area (Å²) < 4.78 is 5.37. The molecule has 1 aliphatic heterocycles. The van der Waals surface area contributed by atoms with Gasteiger partial charge in [0.15, 0.2) is 0 Å².